The molecule has 1 aliphatic heterocycles. The number of carbonyl (C=O) groups excluding carboxylic acids is 5. The van der Waals surface area contributed by atoms with Crippen molar-refractivity contribution in [3.63, 3.8) is 0 Å². The number of rotatable bonds is 13. The first-order valence-corrected chi connectivity index (χ1v) is 17.3. The second kappa shape index (κ2) is 19.4. The van der Waals surface area contributed by atoms with Gasteiger partial charge in [0.2, 0.25) is 23.6 Å². The number of aliphatic hydroxyl groups excluding tert-OH is 1. The molecule has 1 fully saturated rings. The Labute approximate surface area is 286 Å². The molecule has 5 N–H and O–H groups in total. The van der Waals surface area contributed by atoms with Crippen LogP contribution in [0.15, 0.2) is 30.3 Å². The summed E-state index contributed by atoms with van der Waals surface area (Å²) in [6.07, 6.45) is 1.38. The van der Waals surface area contributed by atoms with Gasteiger partial charge in [0, 0.05) is 19.0 Å². The van der Waals surface area contributed by atoms with Crippen LogP contribution < -0.4 is 21.3 Å². The molecule has 1 saturated heterocycles. The number of hydrogen-bond donors (Lipinski definition) is 5. The number of carbonyl (C=O) groups is 5. The van der Waals surface area contributed by atoms with E-state index in [4.69, 9.17) is 4.74 Å². The molecule has 0 aromatic heterocycles. The zero-order valence-corrected chi connectivity index (χ0v) is 30.1. The molecular weight excluding hydrogens is 614 g/mol. The van der Waals surface area contributed by atoms with Crippen molar-refractivity contribution in [1.82, 2.24) is 26.2 Å². The average Bonchev–Trinajstić information content (AvgIpc) is 2.99. The predicted octanol–water partition coefficient (Wildman–Crippen LogP) is 3.66. The summed E-state index contributed by atoms with van der Waals surface area (Å²) in [4.78, 5) is 67.0. The molecule has 270 valence electrons. The molecular formula is C36H59N5O7. The van der Waals surface area contributed by atoms with Gasteiger partial charge in [0.1, 0.15) is 17.7 Å². The van der Waals surface area contributed by atoms with E-state index in [2.05, 4.69) is 21.3 Å². The number of hydrogen-bond acceptors (Lipinski definition) is 7. The van der Waals surface area contributed by atoms with Crippen LogP contribution in [-0.4, -0.2) is 82.6 Å². The standard InChI is InChI=1S/C36H59N5O7/c1-23(2)19-28(39-35(47)48-36(6,7)8)34(46)41-18-14-10-13-17-27(38-30(43)22-41)29(42)20-25(5)32(44)40-31(24(3)4)33(45)37-21-26-15-11-9-12-16-26/h9,11-12,15-16,23-25,27-29,31,42H,10,13-14,17-22H2,1-8H3,(H,37,45)(H,38,43)(H,39,47)(H,40,44)/t25-,27+,28+,29+,31+/m1/s1. The Balaban J connectivity index is 2.02. The minimum absolute atomic E-state index is 0.0755. The maximum atomic E-state index is 13.6. The van der Waals surface area contributed by atoms with E-state index in [-0.39, 0.29) is 42.5 Å². The molecule has 1 heterocycles. The van der Waals surface area contributed by atoms with Gasteiger partial charge in [-0.15, -0.1) is 0 Å². The Morgan fingerprint density at radius 3 is 2.23 bits per heavy atom. The van der Waals surface area contributed by atoms with Gasteiger partial charge in [0.05, 0.1) is 18.7 Å². The Bertz CT molecular complexity index is 1200. The van der Waals surface area contributed by atoms with E-state index in [1.54, 1.807) is 27.7 Å². The zero-order chi connectivity index (χ0) is 36.0. The van der Waals surface area contributed by atoms with Crippen molar-refractivity contribution >= 4 is 29.7 Å². The van der Waals surface area contributed by atoms with Gasteiger partial charge in [-0.1, -0.05) is 77.8 Å². The van der Waals surface area contributed by atoms with Crippen LogP contribution in [0, 0.1) is 17.8 Å². The quantitative estimate of drug-likeness (QED) is 0.213. The van der Waals surface area contributed by atoms with Crippen LogP contribution in [0.5, 0.6) is 0 Å². The van der Waals surface area contributed by atoms with E-state index in [0.717, 1.165) is 12.0 Å². The molecule has 12 nitrogen and oxygen atoms in total. The fourth-order valence-electron chi connectivity index (χ4n) is 5.62. The van der Waals surface area contributed by atoms with Crippen molar-refractivity contribution in [2.45, 2.75) is 130 Å². The van der Waals surface area contributed by atoms with Crippen LogP contribution in [0.4, 0.5) is 4.79 Å². The lowest BCUT2D eigenvalue weighted by Gasteiger charge is -2.32. The Morgan fingerprint density at radius 1 is 0.958 bits per heavy atom. The minimum Gasteiger partial charge on any atom is -0.444 e. The van der Waals surface area contributed by atoms with Crippen molar-refractivity contribution < 1.29 is 33.8 Å². The maximum absolute atomic E-state index is 13.6. The lowest BCUT2D eigenvalue weighted by atomic mass is 9.93. The third-order valence-corrected chi connectivity index (χ3v) is 8.20. The zero-order valence-electron chi connectivity index (χ0n) is 30.1. The first-order chi connectivity index (χ1) is 22.5. The average molecular weight is 674 g/mol. The molecule has 48 heavy (non-hydrogen) atoms. The fraction of sp³-hybridized carbons (Fsp3) is 0.694. The van der Waals surface area contributed by atoms with Crippen LogP contribution in [0.2, 0.25) is 0 Å². The summed E-state index contributed by atoms with van der Waals surface area (Å²) >= 11 is 0. The summed E-state index contributed by atoms with van der Waals surface area (Å²) < 4.78 is 5.37. The van der Waals surface area contributed by atoms with E-state index in [9.17, 15) is 29.1 Å². The third-order valence-electron chi connectivity index (χ3n) is 8.20. The van der Waals surface area contributed by atoms with Crippen LogP contribution in [-0.2, 0) is 30.5 Å². The number of amides is 5. The van der Waals surface area contributed by atoms with Gasteiger partial charge in [-0.05, 0) is 63.9 Å². The second-order valence-electron chi connectivity index (χ2n) is 14.7. The summed E-state index contributed by atoms with van der Waals surface area (Å²) in [5.41, 5.74) is 0.220. The number of alkyl carbamates (subject to hydrolysis) is 1. The van der Waals surface area contributed by atoms with Crippen molar-refractivity contribution in [2.24, 2.45) is 17.8 Å². The van der Waals surface area contributed by atoms with Crippen molar-refractivity contribution in [2.75, 3.05) is 13.1 Å². The summed E-state index contributed by atoms with van der Waals surface area (Å²) in [6, 6.07) is 7.28. The molecule has 5 amide bonds. The van der Waals surface area contributed by atoms with Gasteiger partial charge in [-0.3, -0.25) is 19.2 Å². The van der Waals surface area contributed by atoms with E-state index in [1.807, 2.05) is 58.0 Å². The topological polar surface area (TPSA) is 166 Å². The van der Waals surface area contributed by atoms with Crippen LogP contribution >= 0.6 is 0 Å². The van der Waals surface area contributed by atoms with Gasteiger partial charge in [0.15, 0.2) is 0 Å². The lowest BCUT2D eigenvalue weighted by Crippen LogP contribution is -2.54. The van der Waals surface area contributed by atoms with E-state index in [1.165, 1.54) is 4.90 Å². The van der Waals surface area contributed by atoms with Crippen molar-refractivity contribution in [3.8, 4) is 0 Å². The van der Waals surface area contributed by atoms with Crippen molar-refractivity contribution in [1.29, 1.82) is 0 Å². The monoisotopic (exact) mass is 673 g/mol. The molecule has 1 aromatic rings. The number of ether oxygens (including phenoxy) is 1. The summed E-state index contributed by atoms with van der Waals surface area (Å²) in [7, 11) is 0. The maximum Gasteiger partial charge on any atom is 0.408 e. The van der Waals surface area contributed by atoms with Gasteiger partial charge >= 0.3 is 6.09 Å². The Hall–Kier alpha value is -3.67. The molecule has 0 saturated carbocycles. The van der Waals surface area contributed by atoms with Crippen LogP contribution in [0.25, 0.3) is 0 Å². The van der Waals surface area contributed by atoms with Gasteiger partial charge in [-0.25, -0.2) is 4.79 Å². The molecule has 5 atom stereocenters. The number of nitrogens with zero attached hydrogens (tertiary/aromatic N) is 1. The number of nitrogens with one attached hydrogen (secondary N) is 4. The molecule has 0 spiro atoms. The number of aliphatic hydroxyl groups is 1. The Morgan fingerprint density at radius 2 is 1.62 bits per heavy atom. The highest BCUT2D eigenvalue weighted by Crippen LogP contribution is 2.18. The predicted molar refractivity (Wildman–Crippen MR) is 184 cm³/mol. The van der Waals surface area contributed by atoms with E-state index < -0.39 is 47.7 Å². The lowest BCUT2D eigenvalue weighted by molar-refractivity contribution is -0.139. The normalized spacial score (nSPS) is 18.6. The molecule has 0 radical (unpaired) electrons. The summed E-state index contributed by atoms with van der Waals surface area (Å²) in [5, 5.41) is 22.5. The van der Waals surface area contributed by atoms with Gasteiger partial charge < -0.3 is 36.0 Å². The van der Waals surface area contributed by atoms with Crippen LogP contribution in [0.3, 0.4) is 0 Å². The molecule has 1 aliphatic rings. The van der Waals surface area contributed by atoms with Crippen LogP contribution in [0.1, 0.15) is 99.5 Å². The van der Waals surface area contributed by atoms with Gasteiger partial charge in [0.25, 0.3) is 0 Å². The smallest absolute Gasteiger partial charge is 0.408 e. The highest BCUT2D eigenvalue weighted by Gasteiger charge is 2.33. The Kier molecular flexibility index (Phi) is 16.3. The molecule has 0 bridgehead atoms. The highest BCUT2D eigenvalue weighted by atomic mass is 16.6. The SMILES string of the molecule is CC(C)C[C@H](NC(=O)OC(C)(C)C)C(=O)N1CCCCC[C@@H]([C@@H](O)C[C@@H](C)C(=O)N[C@H](C(=O)NCc2ccccc2)C(C)C)NC(=O)C1. The molecule has 0 aliphatic carbocycles. The van der Waals surface area contributed by atoms with Gasteiger partial charge in [-0.2, -0.15) is 0 Å². The third kappa shape index (κ3) is 14.6. The minimum atomic E-state index is -1.02. The second-order valence-corrected chi connectivity index (χ2v) is 14.7. The molecule has 1 aromatic carbocycles. The summed E-state index contributed by atoms with van der Waals surface area (Å²) in [5.74, 6) is -2.14. The fourth-order valence-corrected chi connectivity index (χ4v) is 5.62. The molecule has 2 rings (SSSR count). The first-order valence-electron chi connectivity index (χ1n) is 17.3. The molecule has 0 unspecified atom stereocenters. The summed E-state index contributed by atoms with van der Waals surface area (Å²) in [6.45, 7) is 15.0. The molecule has 12 heteroatoms. The highest BCUT2D eigenvalue weighted by molar-refractivity contribution is 5.90. The van der Waals surface area contributed by atoms with E-state index >= 15 is 0 Å². The number of benzene rings is 1. The first kappa shape index (κ1) is 40.5. The largest absolute Gasteiger partial charge is 0.444 e. The van der Waals surface area contributed by atoms with Crippen molar-refractivity contribution in [3.05, 3.63) is 35.9 Å². The van der Waals surface area contributed by atoms with E-state index in [0.29, 0.717) is 38.8 Å².